The summed E-state index contributed by atoms with van der Waals surface area (Å²) in [6.07, 6.45) is 78.0. The van der Waals surface area contributed by atoms with Crippen LogP contribution < -0.4 is 5.32 Å². The molecule has 0 heterocycles. The molecular formula is C64H116N2O6P+. The zero-order chi connectivity index (χ0) is 53.5. The average molecular weight is 1040 g/mol. The molecule has 73 heavy (non-hydrogen) atoms. The van der Waals surface area contributed by atoms with Crippen LogP contribution >= 0.6 is 7.82 Å². The SMILES string of the molecule is CC/C=C\C/C=C\C/C=C\C/C=C\C/C=C\CCCCCCCCCCCCCCCCCC(=O)NC(COP(=O)(O)OCC[N+](C)(C)C)C(O)/C=C/CC/C=C/CC/C=C/CCCCCCCCCCCC. The van der Waals surface area contributed by atoms with Gasteiger partial charge in [0.05, 0.1) is 39.9 Å². The Kier molecular flexibility index (Phi) is 52.3. The molecule has 0 saturated heterocycles. The number of phosphoric ester groups is 1. The molecule has 3 unspecified atom stereocenters. The number of likely N-dealkylation sites (N-methyl/N-ethyl adjacent to an activating group) is 1. The molecule has 0 saturated carbocycles. The van der Waals surface area contributed by atoms with Crippen LogP contribution in [0.5, 0.6) is 0 Å². The number of phosphoric acid groups is 1. The molecule has 1 amide bonds. The Hall–Kier alpha value is -2.58. The number of quaternary nitrogens is 1. The summed E-state index contributed by atoms with van der Waals surface area (Å²) in [7, 11) is 1.54. The van der Waals surface area contributed by atoms with E-state index in [1.807, 2.05) is 27.2 Å². The Labute approximate surface area is 451 Å². The maximum Gasteiger partial charge on any atom is 0.472 e. The largest absolute Gasteiger partial charge is 0.472 e. The van der Waals surface area contributed by atoms with E-state index in [1.165, 1.54) is 154 Å². The molecule has 0 aliphatic rings. The van der Waals surface area contributed by atoms with E-state index in [0.717, 1.165) is 77.0 Å². The fraction of sp³-hybridized carbons (Fsp3) is 0.734. The minimum Gasteiger partial charge on any atom is -0.387 e. The summed E-state index contributed by atoms with van der Waals surface area (Å²) in [5.41, 5.74) is 0. The lowest BCUT2D eigenvalue weighted by Gasteiger charge is -2.25. The minimum atomic E-state index is -4.36. The van der Waals surface area contributed by atoms with Crippen LogP contribution in [0.2, 0.25) is 0 Å². The van der Waals surface area contributed by atoms with E-state index >= 15 is 0 Å². The van der Waals surface area contributed by atoms with Crippen molar-refractivity contribution in [1.29, 1.82) is 0 Å². The molecule has 9 heteroatoms. The normalized spacial score (nSPS) is 14.6. The highest BCUT2D eigenvalue weighted by Gasteiger charge is 2.27. The van der Waals surface area contributed by atoms with Crippen molar-refractivity contribution in [3.05, 3.63) is 97.2 Å². The van der Waals surface area contributed by atoms with Gasteiger partial charge < -0.3 is 19.8 Å². The Morgan fingerprint density at radius 3 is 1.26 bits per heavy atom. The number of carbonyl (C=O) groups is 1. The van der Waals surface area contributed by atoms with E-state index < -0.39 is 20.0 Å². The van der Waals surface area contributed by atoms with E-state index in [1.54, 1.807) is 6.08 Å². The van der Waals surface area contributed by atoms with Crippen LogP contribution in [0.15, 0.2) is 97.2 Å². The second kappa shape index (κ2) is 54.2. The molecule has 0 spiro atoms. The van der Waals surface area contributed by atoms with Gasteiger partial charge in [0.1, 0.15) is 13.2 Å². The number of aliphatic hydroxyl groups excluding tert-OH is 1. The maximum absolute atomic E-state index is 13.0. The van der Waals surface area contributed by atoms with Gasteiger partial charge in [-0.25, -0.2) is 4.57 Å². The van der Waals surface area contributed by atoms with E-state index in [-0.39, 0.29) is 19.1 Å². The second-order valence-corrected chi connectivity index (χ2v) is 22.8. The maximum atomic E-state index is 13.0. The van der Waals surface area contributed by atoms with Crippen LogP contribution in [-0.2, 0) is 18.4 Å². The van der Waals surface area contributed by atoms with E-state index in [4.69, 9.17) is 9.05 Å². The third kappa shape index (κ3) is 57.0. The Morgan fingerprint density at radius 2 is 0.836 bits per heavy atom. The van der Waals surface area contributed by atoms with Crippen molar-refractivity contribution in [2.24, 2.45) is 0 Å². The smallest absolute Gasteiger partial charge is 0.387 e. The molecule has 3 N–H and O–H groups in total. The standard InChI is InChI=1S/C64H115N2O6P/c1-6-8-10-12-14-16-18-20-22-24-26-28-29-30-31-32-33-34-35-36-37-38-40-42-44-46-48-50-52-54-56-58-64(68)65-62(61-72-73(69,70)71-60-59-66(3,4)5)63(67)57-55-53-51-49-47-45-43-41-39-27-25-23-21-19-17-15-13-11-9-7-2/h8,10,14,16,20,22,26,28,30-31,39,41,47,49,55,57,62-63,67H,6-7,9,11-13,15,17-19,21,23-25,27,29,32-38,40,42-46,48,50-54,56,58-61H2,1-5H3,(H-,65,68,69,70)/p+1/b10-8-,16-14-,22-20-,28-26-,31-30-,41-39+,49-47+,57-55+. The molecule has 0 aliphatic carbocycles. The van der Waals surface area contributed by atoms with E-state index in [9.17, 15) is 19.4 Å². The monoisotopic (exact) mass is 1040 g/mol. The molecule has 0 aromatic rings. The minimum absolute atomic E-state index is 0.0502. The van der Waals surface area contributed by atoms with Crippen molar-refractivity contribution in [3.63, 3.8) is 0 Å². The zero-order valence-electron chi connectivity index (χ0n) is 48.1. The van der Waals surface area contributed by atoms with Crippen LogP contribution in [0.1, 0.15) is 251 Å². The summed E-state index contributed by atoms with van der Waals surface area (Å²) in [5, 5.41) is 13.9. The number of unbranched alkanes of at least 4 members (excludes halogenated alkanes) is 27. The lowest BCUT2D eigenvalue weighted by Crippen LogP contribution is -2.45. The highest BCUT2D eigenvalue weighted by Crippen LogP contribution is 2.43. The third-order valence-corrected chi connectivity index (χ3v) is 14.0. The van der Waals surface area contributed by atoms with Crippen molar-refractivity contribution in [2.45, 2.75) is 264 Å². The number of carbonyl (C=O) groups excluding carboxylic acids is 1. The molecular weight excluding hydrogens is 924 g/mol. The van der Waals surface area contributed by atoms with Gasteiger partial charge in [-0.15, -0.1) is 0 Å². The van der Waals surface area contributed by atoms with Gasteiger partial charge in [-0.2, -0.15) is 0 Å². The van der Waals surface area contributed by atoms with Gasteiger partial charge in [0.15, 0.2) is 0 Å². The third-order valence-electron chi connectivity index (χ3n) is 13.0. The fourth-order valence-electron chi connectivity index (χ4n) is 8.34. The number of rotatable bonds is 54. The molecule has 0 rings (SSSR count). The zero-order valence-corrected chi connectivity index (χ0v) is 49.0. The van der Waals surface area contributed by atoms with Crippen molar-refractivity contribution >= 4 is 13.7 Å². The summed E-state index contributed by atoms with van der Waals surface area (Å²) in [5.74, 6) is -0.193. The summed E-state index contributed by atoms with van der Waals surface area (Å²) in [4.78, 5) is 23.3. The molecule has 0 aromatic heterocycles. The molecule has 0 radical (unpaired) electrons. The first-order chi connectivity index (χ1) is 35.5. The number of amides is 1. The number of nitrogens with one attached hydrogen (secondary N) is 1. The van der Waals surface area contributed by atoms with Crippen molar-refractivity contribution in [2.75, 3.05) is 40.9 Å². The molecule has 0 bridgehead atoms. The Bertz CT molecular complexity index is 1510. The van der Waals surface area contributed by atoms with Crippen LogP contribution in [0, 0.1) is 0 Å². The first-order valence-corrected chi connectivity index (χ1v) is 31.6. The van der Waals surface area contributed by atoms with Gasteiger partial charge in [0.2, 0.25) is 5.91 Å². The van der Waals surface area contributed by atoms with E-state index in [2.05, 4.69) is 104 Å². The van der Waals surface area contributed by atoms with Crippen molar-refractivity contribution < 1.29 is 32.9 Å². The van der Waals surface area contributed by atoms with Gasteiger partial charge in [-0.3, -0.25) is 13.8 Å². The molecule has 422 valence electrons. The van der Waals surface area contributed by atoms with Crippen LogP contribution in [0.3, 0.4) is 0 Å². The lowest BCUT2D eigenvalue weighted by molar-refractivity contribution is -0.870. The number of hydrogen-bond acceptors (Lipinski definition) is 5. The molecule has 8 nitrogen and oxygen atoms in total. The van der Waals surface area contributed by atoms with Crippen LogP contribution in [-0.4, -0.2) is 73.4 Å². The molecule has 0 aromatic carbocycles. The molecule has 0 aliphatic heterocycles. The van der Waals surface area contributed by atoms with Gasteiger partial charge in [0.25, 0.3) is 0 Å². The highest BCUT2D eigenvalue weighted by atomic mass is 31.2. The summed E-state index contributed by atoms with van der Waals surface area (Å²) >= 11 is 0. The topological polar surface area (TPSA) is 105 Å². The Morgan fingerprint density at radius 1 is 0.479 bits per heavy atom. The van der Waals surface area contributed by atoms with Gasteiger partial charge in [-0.1, -0.05) is 252 Å². The number of aliphatic hydroxyl groups is 1. The summed E-state index contributed by atoms with van der Waals surface area (Å²) in [6.45, 7) is 4.68. The number of allylic oxidation sites excluding steroid dienone is 15. The second-order valence-electron chi connectivity index (χ2n) is 21.3. The summed E-state index contributed by atoms with van der Waals surface area (Å²) < 4.78 is 23.7. The Balaban J connectivity index is 4.20. The van der Waals surface area contributed by atoms with Crippen LogP contribution in [0.25, 0.3) is 0 Å². The first-order valence-electron chi connectivity index (χ1n) is 30.1. The highest BCUT2D eigenvalue weighted by molar-refractivity contribution is 7.47. The molecule has 0 fully saturated rings. The lowest BCUT2D eigenvalue weighted by atomic mass is 10.0. The van der Waals surface area contributed by atoms with Gasteiger partial charge in [0, 0.05) is 6.42 Å². The quantitative estimate of drug-likeness (QED) is 0.0243. The fourth-order valence-corrected chi connectivity index (χ4v) is 9.07. The first kappa shape index (κ1) is 70.4. The predicted molar refractivity (Wildman–Crippen MR) is 318 cm³/mol. The van der Waals surface area contributed by atoms with E-state index in [0.29, 0.717) is 17.4 Å². The predicted octanol–water partition coefficient (Wildman–Crippen LogP) is 18.6. The van der Waals surface area contributed by atoms with Crippen LogP contribution in [0.4, 0.5) is 0 Å². The average Bonchev–Trinajstić information content (AvgIpc) is 3.35. The number of nitrogens with zero attached hydrogens (tertiary/aromatic N) is 1. The number of hydrogen-bond donors (Lipinski definition) is 3. The van der Waals surface area contributed by atoms with Crippen molar-refractivity contribution in [3.8, 4) is 0 Å². The summed E-state index contributed by atoms with van der Waals surface area (Å²) in [6, 6.07) is -0.875. The van der Waals surface area contributed by atoms with Crippen molar-refractivity contribution in [1.82, 2.24) is 5.32 Å². The van der Waals surface area contributed by atoms with Gasteiger partial charge in [-0.05, 0) is 89.9 Å². The molecule has 3 atom stereocenters. The van der Waals surface area contributed by atoms with Gasteiger partial charge >= 0.3 is 7.82 Å².